The Hall–Kier alpha value is -1.84. The number of ether oxygens (including phenoxy) is 1. The lowest BCUT2D eigenvalue weighted by Gasteiger charge is -2.23. The summed E-state index contributed by atoms with van der Waals surface area (Å²) in [4.78, 5) is 22.9. The van der Waals surface area contributed by atoms with Crippen LogP contribution in [0.2, 0.25) is 0 Å². The van der Waals surface area contributed by atoms with Crippen molar-refractivity contribution in [1.29, 1.82) is 0 Å². The van der Waals surface area contributed by atoms with Gasteiger partial charge in [0.1, 0.15) is 6.04 Å². The molecule has 1 atom stereocenters. The molecular formula is C11H11NO3. The van der Waals surface area contributed by atoms with Crippen molar-refractivity contribution < 1.29 is 14.3 Å². The minimum atomic E-state index is -0.558. The van der Waals surface area contributed by atoms with E-state index in [1.54, 1.807) is 12.1 Å². The van der Waals surface area contributed by atoms with Gasteiger partial charge in [-0.15, -0.1) is 0 Å². The molecule has 4 nitrogen and oxygen atoms in total. The molecule has 4 heteroatoms. The van der Waals surface area contributed by atoms with Gasteiger partial charge in [-0.3, -0.25) is 4.79 Å². The lowest BCUT2D eigenvalue weighted by molar-refractivity contribution is -0.142. The third-order valence-electron chi connectivity index (χ3n) is 2.48. The SMILES string of the molecule is COC(=O)[C@H]1Cc2ccccc2C(=O)N1. The smallest absolute Gasteiger partial charge is 0.328 e. The molecule has 0 radical (unpaired) electrons. The van der Waals surface area contributed by atoms with Crippen LogP contribution in [0.15, 0.2) is 24.3 Å². The molecule has 1 aromatic rings. The second kappa shape index (κ2) is 3.73. The Labute approximate surface area is 87.2 Å². The van der Waals surface area contributed by atoms with Crippen LogP contribution in [0.1, 0.15) is 15.9 Å². The Morgan fingerprint density at radius 1 is 1.47 bits per heavy atom. The molecule has 0 saturated heterocycles. The molecule has 1 heterocycles. The zero-order valence-electron chi connectivity index (χ0n) is 8.32. The summed E-state index contributed by atoms with van der Waals surface area (Å²) in [6, 6.07) is 6.70. The van der Waals surface area contributed by atoms with Gasteiger partial charge in [-0.1, -0.05) is 18.2 Å². The van der Waals surface area contributed by atoms with E-state index in [0.29, 0.717) is 12.0 Å². The van der Waals surface area contributed by atoms with Crippen LogP contribution < -0.4 is 5.32 Å². The van der Waals surface area contributed by atoms with Crippen LogP contribution in [0.3, 0.4) is 0 Å². The van der Waals surface area contributed by atoms with Crippen molar-refractivity contribution in [3.05, 3.63) is 35.4 Å². The average molecular weight is 205 g/mol. The maximum absolute atomic E-state index is 11.6. The highest BCUT2D eigenvalue weighted by molar-refractivity contribution is 5.99. The van der Waals surface area contributed by atoms with Crippen molar-refractivity contribution in [2.24, 2.45) is 0 Å². The van der Waals surface area contributed by atoms with Gasteiger partial charge in [0, 0.05) is 12.0 Å². The Morgan fingerprint density at radius 2 is 2.20 bits per heavy atom. The summed E-state index contributed by atoms with van der Waals surface area (Å²) in [7, 11) is 1.31. The molecule has 1 aliphatic heterocycles. The van der Waals surface area contributed by atoms with Gasteiger partial charge in [-0.2, -0.15) is 0 Å². The summed E-state index contributed by atoms with van der Waals surface area (Å²) in [5.74, 6) is -0.620. The predicted molar refractivity (Wildman–Crippen MR) is 53.4 cm³/mol. The standard InChI is InChI=1S/C11H11NO3/c1-15-11(14)9-6-7-4-2-3-5-8(7)10(13)12-9/h2-5,9H,6H2,1H3,(H,12,13)/t9-/m1/s1. The van der Waals surface area contributed by atoms with E-state index in [-0.39, 0.29) is 5.91 Å². The second-order valence-corrected chi connectivity index (χ2v) is 3.41. The first kappa shape index (κ1) is 9.71. The summed E-state index contributed by atoms with van der Waals surface area (Å²) in [6.45, 7) is 0. The van der Waals surface area contributed by atoms with E-state index in [4.69, 9.17) is 0 Å². The van der Waals surface area contributed by atoms with Crippen molar-refractivity contribution in [3.63, 3.8) is 0 Å². The van der Waals surface area contributed by atoms with Gasteiger partial charge < -0.3 is 10.1 Å². The van der Waals surface area contributed by atoms with E-state index < -0.39 is 12.0 Å². The molecule has 0 aromatic heterocycles. The average Bonchev–Trinajstić information content (AvgIpc) is 2.28. The van der Waals surface area contributed by atoms with E-state index in [0.717, 1.165) is 5.56 Å². The molecule has 0 unspecified atom stereocenters. The second-order valence-electron chi connectivity index (χ2n) is 3.41. The zero-order valence-corrected chi connectivity index (χ0v) is 8.32. The molecule has 1 amide bonds. The number of hydrogen-bond acceptors (Lipinski definition) is 3. The number of rotatable bonds is 1. The lowest BCUT2D eigenvalue weighted by Crippen LogP contribution is -2.46. The summed E-state index contributed by atoms with van der Waals surface area (Å²) < 4.78 is 4.60. The van der Waals surface area contributed by atoms with E-state index in [9.17, 15) is 9.59 Å². The fourth-order valence-electron chi connectivity index (χ4n) is 1.71. The fourth-order valence-corrected chi connectivity index (χ4v) is 1.71. The Bertz CT molecular complexity index is 414. The number of amides is 1. The molecule has 0 aliphatic carbocycles. The summed E-state index contributed by atoms with van der Waals surface area (Å²) in [5.41, 5.74) is 1.52. The first-order valence-electron chi connectivity index (χ1n) is 4.69. The molecule has 0 bridgehead atoms. The normalized spacial score (nSPS) is 19.0. The maximum atomic E-state index is 11.6. The molecule has 78 valence electrons. The quantitative estimate of drug-likeness (QED) is 0.680. The monoisotopic (exact) mass is 205 g/mol. The van der Waals surface area contributed by atoms with Crippen LogP contribution in [-0.4, -0.2) is 25.0 Å². The first-order valence-corrected chi connectivity index (χ1v) is 4.69. The number of fused-ring (bicyclic) bond motifs is 1. The molecule has 0 spiro atoms. The maximum Gasteiger partial charge on any atom is 0.328 e. The number of nitrogens with one attached hydrogen (secondary N) is 1. The van der Waals surface area contributed by atoms with Gasteiger partial charge >= 0.3 is 5.97 Å². The first-order chi connectivity index (χ1) is 7.22. The van der Waals surface area contributed by atoms with Crippen molar-refractivity contribution >= 4 is 11.9 Å². The summed E-state index contributed by atoms with van der Waals surface area (Å²) in [6.07, 6.45) is 0.495. The predicted octanol–water partition coefficient (Wildman–Crippen LogP) is 0.514. The fraction of sp³-hybridized carbons (Fsp3) is 0.273. The van der Waals surface area contributed by atoms with Crippen LogP contribution in [0, 0.1) is 0 Å². The Morgan fingerprint density at radius 3 is 2.93 bits per heavy atom. The minimum absolute atomic E-state index is 0.216. The van der Waals surface area contributed by atoms with Gasteiger partial charge in [0.05, 0.1) is 7.11 Å². The molecule has 0 saturated carbocycles. The molecular weight excluding hydrogens is 194 g/mol. The van der Waals surface area contributed by atoms with Crippen LogP contribution >= 0.6 is 0 Å². The number of hydrogen-bond donors (Lipinski definition) is 1. The number of carbonyl (C=O) groups excluding carboxylic acids is 2. The number of methoxy groups -OCH3 is 1. The molecule has 1 N–H and O–H groups in total. The van der Waals surface area contributed by atoms with Crippen molar-refractivity contribution in [2.45, 2.75) is 12.5 Å². The van der Waals surface area contributed by atoms with Crippen LogP contribution in [0.4, 0.5) is 0 Å². The molecule has 0 fully saturated rings. The van der Waals surface area contributed by atoms with E-state index >= 15 is 0 Å². The van der Waals surface area contributed by atoms with Gasteiger partial charge in [-0.25, -0.2) is 4.79 Å². The van der Waals surface area contributed by atoms with Crippen molar-refractivity contribution in [3.8, 4) is 0 Å². The summed E-state index contributed by atoms with van der Waals surface area (Å²) >= 11 is 0. The van der Waals surface area contributed by atoms with Gasteiger partial charge in [-0.05, 0) is 11.6 Å². The van der Waals surface area contributed by atoms with Crippen LogP contribution in [-0.2, 0) is 16.0 Å². The highest BCUT2D eigenvalue weighted by Crippen LogP contribution is 2.16. The van der Waals surface area contributed by atoms with E-state index in [2.05, 4.69) is 10.1 Å². The molecule has 2 rings (SSSR count). The van der Waals surface area contributed by atoms with Gasteiger partial charge in [0.15, 0.2) is 0 Å². The van der Waals surface area contributed by atoms with Crippen molar-refractivity contribution in [2.75, 3.05) is 7.11 Å². The molecule has 15 heavy (non-hydrogen) atoms. The van der Waals surface area contributed by atoms with E-state index in [1.165, 1.54) is 7.11 Å². The number of benzene rings is 1. The largest absolute Gasteiger partial charge is 0.467 e. The molecule has 1 aliphatic rings. The highest BCUT2D eigenvalue weighted by atomic mass is 16.5. The third-order valence-corrected chi connectivity index (χ3v) is 2.48. The van der Waals surface area contributed by atoms with Crippen molar-refractivity contribution in [1.82, 2.24) is 5.32 Å². The number of carbonyl (C=O) groups is 2. The Kier molecular flexibility index (Phi) is 2.41. The highest BCUT2D eigenvalue weighted by Gasteiger charge is 2.28. The minimum Gasteiger partial charge on any atom is -0.467 e. The van der Waals surface area contributed by atoms with E-state index in [1.807, 2.05) is 12.1 Å². The van der Waals surface area contributed by atoms with Gasteiger partial charge in [0.2, 0.25) is 0 Å². The Balaban J connectivity index is 2.30. The zero-order chi connectivity index (χ0) is 10.8. The lowest BCUT2D eigenvalue weighted by atomic mass is 9.95. The van der Waals surface area contributed by atoms with Crippen LogP contribution in [0.25, 0.3) is 0 Å². The van der Waals surface area contributed by atoms with Gasteiger partial charge in [0.25, 0.3) is 5.91 Å². The number of esters is 1. The van der Waals surface area contributed by atoms with Crippen LogP contribution in [0.5, 0.6) is 0 Å². The molecule has 1 aromatic carbocycles. The third kappa shape index (κ3) is 1.70. The topological polar surface area (TPSA) is 55.4 Å². The summed E-state index contributed by atoms with van der Waals surface area (Å²) in [5, 5.41) is 2.61.